The Hall–Kier alpha value is -1.72. The minimum Gasteiger partial charge on any atom is -0.360 e. The first-order chi connectivity index (χ1) is 11.3. The largest absolute Gasteiger partial charge is 0.360 e. The zero-order chi connectivity index (χ0) is 16.1. The molecule has 0 spiro atoms. The van der Waals surface area contributed by atoms with Crippen LogP contribution in [0.15, 0.2) is 34.9 Å². The monoisotopic (exact) mass is 315 g/mol. The van der Waals surface area contributed by atoms with E-state index in [0.29, 0.717) is 11.9 Å². The molecule has 5 nitrogen and oxygen atoms in total. The van der Waals surface area contributed by atoms with Crippen molar-refractivity contribution in [1.82, 2.24) is 15.5 Å². The lowest BCUT2D eigenvalue weighted by Crippen LogP contribution is -2.24. The SMILES string of the molecule is CNC(C)Cc1noc(C(OC2CCCC2)c2ccccc2)n1. The second-order valence-electron chi connectivity index (χ2n) is 6.28. The third-order valence-corrected chi connectivity index (χ3v) is 4.42. The summed E-state index contributed by atoms with van der Waals surface area (Å²) in [5.74, 6) is 1.28. The Balaban J connectivity index is 1.80. The van der Waals surface area contributed by atoms with Crippen molar-refractivity contribution < 1.29 is 9.26 Å². The van der Waals surface area contributed by atoms with E-state index in [9.17, 15) is 0 Å². The maximum atomic E-state index is 6.32. The minimum absolute atomic E-state index is 0.273. The summed E-state index contributed by atoms with van der Waals surface area (Å²) >= 11 is 0. The van der Waals surface area contributed by atoms with Gasteiger partial charge in [0.05, 0.1) is 6.10 Å². The molecule has 3 rings (SSSR count). The fourth-order valence-electron chi connectivity index (χ4n) is 2.96. The van der Waals surface area contributed by atoms with Gasteiger partial charge in [0.1, 0.15) is 0 Å². The van der Waals surface area contributed by atoms with Crippen LogP contribution in [0.4, 0.5) is 0 Å². The Morgan fingerprint density at radius 2 is 2.00 bits per heavy atom. The highest BCUT2D eigenvalue weighted by Crippen LogP contribution is 2.31. The highest BCUT2D eigenvalue weighted by molar-refractivity contribution is 5.22. The van der Waals surface area contributed by atoms with Crippen molar-refractivity contribution in [2.75, 3.05) is 7.05 Å². The van der Waals surface area contributed by atoms with Crippen LogP contribution >= 0.6 is 0 Å². The van der Waals surface area contributed by atoms with Gasteiger partial charge >= 0.3 is 0 Å². The zero-order valence-electron chi connectivity index (χ0n) is 13.9. The maximum absolute atomic E-state index is 6.32. The van der Waals surface area contributed by atoms with Crippen LogP contribution in [0.5, 0.6) is 0 Å². The van der Waals surface area contributed by atoms with Crippen molar-refractivity contribution in [3.05, 3.63) is 47.6 Å². The van der Waals surface area contributed by atoms with Crippen LogP contribution < -0.4 is 5.32 Å². The van der Waals surface area contributed by atoms with E-state index >= 15 is 0 Å². The van der Waals surface area contributed by atoms with Gasteiger partial charge in [-0.2, -0.15) is 4.98 Å². The third kappa shape index (κ3) is 4.18. The highest BCUT2D eigenvalue weighted by atomic mass is 16.5. The topological polar surface area (TPSA) is 60.2 Å². The molecule has 0 amide bonds. The van der Waals surface area contributed by atoms with E-state index in [1.165, 1.54) is 12.8 Å². The molecule has 0 radical (unpaired) electrons. The summed E-state index contributed by atoms with van der Waals surface area (Å²) in [4.78, 5) is 4.57. The first kappa shape index (κ1) is 16.1. The molecule has 23 heavy (non-hydrogen) atoms. The van der Waals surface area contributed by atoms with Gasteiger partial charge in [-0.15, -0.1) is 0 Å². The number of hydrogen-bond donors (Lipinski definition) is 1. The van der Waals surface area contributed by atoms with Crippen molar-refractivity contribution in [1.29, 1.82) is 0 Å². The van der Waals surface area contributed by atoms with Gasteiger partial charge in [0.2, 0.25) is 0 Å². The fourth-order valence-corrected chi connectivity index (χ4v) is 2.96. The molecule has 1 fully saturated rings. The van der Waals surface area contributed by atoms with Crippen LogP contribution in [0, 0.1) is 0 Å². The molecule has 2 aromatic rings. The van der Waals surface area contributed by atoms with E-state index in [4.69, 9.17) is 9.26 Å². The van der Waals surface area contributed by atoms with E-state index in [0.717, 1.165) is 30.7 Å². The maximum Gasteiger partial charge on any atom is 0.260 e. The van der Waals surface area contributed by atoms with Crippen molar-refractivity contribution in [2.24, 2.45) is 0 Å². The number of likely N-dealkylation sites (N-methyl/N-ethyl adjacent to an activating group) is 1. The van der Waals surface area contributed by atoms with E-state index in [2.05, 4.69) is 34.5 Å². The lowest BCUT2D eigenvalue weighted by atomic mass is 10.1. The quantitative estimate of drug-likeness (QED) is 0.849. The first-order valence-electron chi connectivity index (χ1n) is 8.46. The summed E-state index contributed by atoms with van der Waals surface area (Å²) in [6.45, 7) is 2.10. The van der Waals surface area contributed by atoms with Gasteiger partial charge in [-0.25, -0.2) is 0 Å². The second-order valence-corrected chi connectivity index (χ2v) is 6.28. The predicted octanol–water partition coefficient (Wildman–Crippen LogP) is 3.27. The number of rotatable bonds is 7. The summed E-state index contributed by atoms with van der Waals surface area (Å²) in [6, 6.07) is 10.5. The molecule has 2 atom stereocenters. The Morgan fingerprint density at radius 1 is 1.26 bits per heavy atom. The van der Waals surface area contributed by atoms with Gasteiger partial charge in [0, 0.05) is 12.5 Å². The average molecular weight is 315 g/mol. The van der Waals surface area contributed by atoms with Crippen LogP contribution in [-0.4, -0.2) is 29.3 Å². The molecule has 2 unspecified atom stereocenters. The van der Waals surface area contributed by atoms with Gasteiger partial charge in [0.15, 0.2) is 11.9 Å². The second kappa shape index (κ2) is 7.70. The Morgan fingerprint density at radius 3 is 2.70 bits per heavy atom. The molecule has 124 valence electrons. The lowest BCUT2D eigenvalue weighted by molar-refractivity contribution is -0.00315. The van der Waals surface area contributed by atoms with Crippen molar-refractivity contribution in [3.63, 3.8) is 0 Å². The Kier molecular flexibility index (Phi) is 5.41. The van der Waals surface area contributed by atoms with E-state index in [1.54, 1.807) is 0 Å². The van der Waals surface area contributed by atoms with Crippen LogP contribution in [0.2, 0.25) is 0 Å². The fraction of sp³-hybridized carbons (Fsp3) is 0.556. The minimum atomic E-state index is -0.273. The number of benzene rings is 1. The Labute approximate surface area is 137 Å². The average Bonchev–Trinajstić information content (AvgIpc) is 3.25. The van der Waals surface area contributed by atoms with Gasteiger partial charge in [-0.1, -0.05) is 48.3 Å². The summed E-state index contributed by atoms with van der Waals surface area (Å²) in [5, 5.41) is 7.31. The van der Waals surface area contributed by atoms with E-state index < -0.39 is 0 Å². The number of nitrogens with zero attached hydrogens (tertiary/aromatic N) is 2. The molecule has 1 aromatic heterocycles. The summed E-state index contributed by atoms with van der Waals surface area (Å²) < 4.78 is 11.8. The Bertz CT molecular complexity index is 593. The number of hydrogen-bond acceptors (Lipinski definition) is 5. The van der Waals surface area contributed by atoms with Gasteiger partial charge < -0.3 is 14.6 Å². The van der Waals surface area contributed by atoms with Gasteiger partial charge in [0.25, 0.3) is 5.89 Å². The molecule has 5 heteroatoms. The van der Waals surface area contributed by atoms with Crippen LogP contribution in [-0.2, 0) is 11.2 Å². The number of ether oxygens (including phenoxy) is 1. The molecule has 0 bridgehead atoms. The van der Waals surface area contributed by atoms with Crippen molar-refractivity contribution in [2.45, 2.75) is 57.3 Å². The normalized spacial score (nSPS) is 18.2. The molecule has 1 heterocycles. The standard InChI is InChI=1S/C18H25N3O2/c1-13(19-2)12-16-20-18(23-21-16)17(14-8-4-3-5-9-14)22-15-10-6-7-11-15/h3-5,8-9,13,15,17,19H,6-7,10-12H2,1-2H3. The molecule has 1 aliphatic carbocycles. The molecule has 0 aliphatic heterocycles. The summed E-state index contributed by atoms with van der Waals surface area (Å²) in [6.07, 6.45) is 5.45. The number of nitrogens with one attached hydrogen (secondary N) is 1. The third-order valence-electron chi connectivity index (χ3n) is 4.42. The van der Waals surface area contributed by atoms with Crippen LogP contribution in [0.3, 0.4) is 0 Å². The molecule has 0 saturated heterocycles. The highest BCUT2D eigenvalue weighted by Gasteiger charge is 2.27. The van der Waals surface area contributed by atoms with E-state index in [1.807, 2.05) is 25.2 Å². The van der Waals surface area contributed by atoms with E-state index in [-0.39, 0.29) is 12.2 Å². The van der Waals surface area contributed by atoms with Gasteiger partial charge in [-0.3, -0.25) is 0 Å². The zero-order valence-corrected chi connectivity index (χ0v) is 13.9. The van der Waals surface area contributed by atoms with Crippen LogP contribution in [0.25, 0.3) is 0 Å². The predicted molar refractivity (Wildman–Crippen MR) is 88.1 cm³/mol. The van der Waals surface area contributed by atoms with Crippen LogP contribution in [0.1, 0.15) is 56.0 Å². The van der Waals surface area contributed by atoms with Crippen molar-refractivity contribution >= 4 is 0 Å². The smallest absolute Gasteiger partial charge is 0.260 e. The first-order valence-corrected chi connectivity index (χ1v) is 8.46. The molecule has 1 saturated carbocycles. The number of aromatic nitrogens is 2. The summed E-state index contributed by atoms with van der Waals surface area (Å²) in [7, 11) is 1.93. The van der Waals surface area contributed by atoms with Crippen molar-refractivity contribution in [3.8, 4) is 0 Å². The molecule has 1 N–H and O–H groups in total. The van der Waals surface area contributed by atoms with Gasteiger partial charge in [-0.05, 0) is 32.4 Å². The molecule has 1 aliphatic rings. The lowest BCUT2D eigenvalue weighted by Gasteiger charge is -2.19. The molecule has 1 aromatic carbocycles. The summed E-state index contributed by atoms with van der Waals surface area (Å²) in [5.41, 5.74) is 1.07. The molecular formula is C18H25N3O2. The molecular weight excluding hydrogens is 290 g/mol.